The van der Waals surface area contributed by atoms with Crippen LogP contribution in [0, 0.1) is 15.9 Å². The molecule has 0 spiro atoms. The fourth-order valence-corrected chi connectivity index (χ4v) is 1.75. The molecule has 19 heavy (non-hydrogen) atoms. The third kappa shape index (κ3) is 3.18. The van der Waals surface area contributed by atoms with Crippen molar-refractivity contribution in [2.75, 3.05) is 0 Å². The second kappa shape index (κ2) is 5.50. The van der Waals surface area contributed by atoms with E-state index in [9.17, 15) is 14.5 Å². The van der Waals surface area contributed by atoms with E-state index in [2.05, 4.69) is 20.9 Å². The number of ether oxygens (including phenoxy) is 1. The number of halogens is 3. The van der Waals surface area contributed by atoms with Crippen LogP contribution in [0.15, 0.2) is 34.8 Å². The lowest BCUT2D eigenvalue weighted by Gasteiger charge is -2.07. The zero-order valence-corrected chi connectivity index (χ0v) is 11.5. The van der Waals surface area contributed by atoms with E-state index >= 15 is 0 Å². The first-order valence-electron chi connectivity index (χ1n) is 4.91. The van der Waals surface area contributed by atoms with E-state index < -0.39 is 10.7 Å². The van der Waals surface area contributed by atoms with Crippen LogP contribution in [0.2, 0.25) is 5.15 Å². The van der Waals surface area contributed by atoms with Gasteiger partial charge in [-0.1, -0.05) is 11.6 Å². The summed E-state index contributed by atoms with van der Waals surface area (Å²) < 4.78 is 18.8. The summed E-state index contributed by atoms with van der Waals surface area (Å²) in [5, 5.41) is 10.9. The van der Waals surface area contributed by atoms with Gasteiger partial charge < -0.3 is 4.74 Å². The van der Waals surface area contributed by atoms with Crippen LogP contribution in [0.5, 0.6) is 11.6 Å². The number of aromatic nitrogens is 1. The Bertz CT molecular complexity index is 654. The first-order chi connectivity index (χ1) is 8.97. The van der Waals surface area contributed by atoms with Gasteiger partial charge in [0.2, 0.25) is 0 Å². The molecule has 2 aromatic rings. The Kier molecular flexibility index (Phi) is 3.96. The van der Waals surface area contributed by atoms with E-state index in [-0.39, 0.29) is 22.5 Å². The van der Waals surface area contributed by atoms with Crippen molar-refractivity contribution in [2.45, 2.75) is 0 Å². The Morgan fingerprint density at radius 3 is 2.79 bits per heavy atom. The Morgan fingerprint density at radius 2 is 2.11 bits per heavy atom. The molecule has 0 aliphatic rings. The van der Waals surface area contributed by atoms with E-state index in [0.717, 1.165) is 12.1 Å². The van der Waals surface area contributed by atoms with Crippen molar-refractivity contribution in [1.29, 1.82) is 0 Å². The van der Waals surface area contributed by atoms with Crippen LogP contribution >= 0.6 is 27.5 Å². The second-order valence-electron chi connectivity index (χ2n) is 3.39. The van der Waals surface area contributed by atoms with Crippen molar-refractivity contribution in [2.24, 2.45) is 0 Å². The van der Waals surface area contributed by atoms with E-state index in [0.29, 0.717) is 4.47 Å². The maximum Gasteiger partial charge on any atom is 0.331 e. The molecule has 1 aromatic heterocycles. The average Bonchev–Trinajstić information content (AvgIpc) is 2.33. The number of nitrogens with zero attached hydrogens (tertiary/aromatic N) is 2. The van der Waals surface area contributed by atoms with Crippen molar-refractivity contribution < 1.29 is 14.1 Å². The largest absolute Gasteiger partial charge is 0.432 e. The van der Waals surface area contributed by atoms with Gasteiger partial charge in [0.15, 0.2) is 0 Å². The van der Waals surface area contributed by atoms with Gasteiger partial charge in [-0.15, -0.1) is 0 Å². The molecule has 0 bridgehead atoms. The topological polar surface area (TPSA) is 65.3 Å². The summed E-state index contributed by atoms with van der Waals surface area (Å²) in [4.78, 5) is 13.9. The van der Waals surface area contributed by atoms with E-state index in [1.807, 2.05) is 0 Å². The van der Waals surface area contributed by atoms with Crippen LogP contribution < -0.4 is 4.74 Å². The Morgan fingerprint density at radius 1 is 1.37 bits per heavy atom. The average molecular weight is 348 g/mol. The monoisotopic (exact) mass is 346 g/mol. The molecule has 0 N–H and O–H groups in total. The number of rotatable bonds is 3. The van der Waals surface area contributed by atoms with Crippen LogP contribution in [0.1, 0.15) is 0 Å². The summed E-state index contributed by atoms with van der Waals surface area (Å²) in [7, 11) is 0. The van der Waals surface area contributed by atoms with Crippen molar-refractivity contribution in [3.63, 3.8) is 0 Å². The molecule has 8 heteroatoms. The Hall–Kier alpha value is -1.73. The molecule has 0 aliphatic heterocycles. The molecule has 0 saturated heterocycles. The van der Waals surface area contributed by atoms with Crippen molar-refractivity contribution >= 4 is 33.2 Å². The van der Waals surface area contributed by atoms with Crippen molar-refractivity contribution in [1.82, 2.24) is 4.98 Å². The van der Waals surface area contributed by atoms with Crippen LogP contribution in [-0.2, 0) is 0 Å². The van der Waals surface area contributed by atoms with Crippen LogP contribution in [0.4, 0.5) is 10.1 Å². The lowest BCUT2D eigenvalue weighted by atomic mass is 10.3. The first-order valence-corrected chi connectivity index (χ1v) is 6.08. The molecule has 0 fully saturated rings. The highest BCUT2D eigenvalue weighted by atomic mass is 79.9. The Balaban J connectivity index is 2.45. The third-order valence-electron chi connectivity index (χ3n) is 2.10. The van der Waals surface area contributed by atoms with Gasteiger partial charge in [-0.2, -0.15) is 4.98 Å². The number of hydrogen-bond donors (Lipinski definition) is 0. The Labute approximate surface area is 120 Å². The first kappa shape index (κ1) is 13.7. The molecule has 2 rings (SSSR count). The quantitative estimate of drug-likeness (QED) is 0.471. The lowest BCUT2D eigenvalue weighted by molar-refractivity contribution is -0.386. The predicted molar refractivity (Wildman–Crippen MR) is 70.1 cm³/mol. The molecular formula is C11H5BrClFN2O3. The summed E-state index contributed by atoms with van der Waals surface area (Å²) in [6, 6.07) is 6.15. The molecule has 0 unspecified atom stereocenters. The van der Waals surface area contributed by atoms with Gasteiger partial charge in [-0.3, -0.25) is 10.1 Å². The minimum atomic E-state index is -0.661. The minimum Gasteiger partial charge on any atom is -0.432 e. The van der Waals surface area contributed by atoms with Crippen LogP contribution in [-0.4, -0.2) is 9.91 Å². The standard InChI is InChI=1S/C11H5BrClFN2O3/c12-7-2-1-6(14)5-9(7)19-11-8(16(17)18)3-4-10(13)15-11/h1-5H. The van der Waals surface area contributed by atoms with Gasteiger partial charge >= 0.3 is 11.6 Å². The molecule has 98 valence electrons. The van der Waals surface area contributed by atoms with E-state index in [4.69, 9.17) is 16.3 Å². The highest BCUT2D eigenvalue weighted by molar-refractivity contribution is 9.10. The van der Waals surface area contributed by atoms with Crippen LogP contribution in [0.3, 0.4) is 0 Å². The molecule has 0 atom stereocenters. The zero-order valence-electron chi connectivity index (χ0n) is 9.14. The molecule has 1 heterocycles. The maximum absolute atomic E-state index is 13.1. The maximum atomic E-state index is 13.1. The number of hydrogen-bond acceptors (Lipinski definition) is 4. The highest BCUT2D eigenvalue weighted by Crippen LogP contribution is 2.34. The summed E-state index contributed by atoms with van der Waals surface area (Å²) >= 11 is 8.81. The van der Waals surface area contributed by atoms with Crippen molar-refractivity contribution in [3.8, 4) is 11.6 Å². The molecule has 0 radical (unpaired) electrons. The number of benzene rings is 1. The van der Waals surface area contributed by atoms with Gasteiger partial charge in [0.1, 0.15) is 16.7 Å². The van der Waals surface area contributed by atoms with Crippen molar-refractivity contribution in [3.05, 3.63) is 55.9 Å². The minimum absolute atomic E-state index is 0.0353. The summed E-state index contributed by atoms with van der Waals surface area (Å²) in [6.45, 7) is 0. The van der Waals surface area contributed by atoms with Gasteiger partial charge in [0.05, 0.1) is 9.40 Å². The molecular weight excluding hydrogens is 342 g/mol. The zero-order chi connectivity index (χ0) is 14.0. The number of nitro groups is 1. The predicted octanol–water partition coefficient (Wildman–Crippen LogP) is 4.34. The van der Waals surface area contributed by atoms with Crippen LogP contribution in [0.25, 0.3) is 0 Å². The second-order valence-corrected chi connectivity index (χ2v) is 4.63. The van der Waals surface area contributed by atoms with E-state index in [1.165, 1.54) is 18.2 Å². The molecule has 0 aliphatic carbocycles. The fraction of sp³-hybridized carbons (Fsp3) is 0. The normalized spacial score (nSPS) is 10.3. The molecule has 1 aromatic carbocycles. The summed E-state index contributed by atoms with van der Waals surface area (Å²) in [6.07, 6.45) is 0. The summed E-state index contributed by atoms with van der Waals surface area (Å²) in [5.74, 6) is -0.774. The summed E-state index contributed by atoms with van der Waals surface area (Å²) in [5.41, 5.74) is -0.361. The van der Waals surface area contributed by atoms with Gasteiger partial charge in [0.25, 0.3) is 0 Å². The third-order valence-corrected chi connectivity index (χ3v) is 2.97. The SMILES string of the molecule is O=[N+]([O-])c1ccc(Cl)nc1Oc1cc(F)ccc1Br. The highest BCUT2D eigenvalue weighted by Gasteiger charge is 2.19. The number of pyridine rings is 1. The van der Waals surface area contributed by atoms with Gasteiger partial charge in [0, 0.05) is 12.1 Å². The molecule has 0 saturated carbocycles. The smallest absolute Gasteiger partial charge is 0.331 e. The van der Waals surface area contributed by atoms with Gasteiger partial charge in [-0.05, 0) is 34.1 Å². The molecule has 5 nitrogen and oxygen atoms in total. The lowest BCUT2D eigenvalue weighted by Crippen LogP contribution is -1.97. The molecule has 0 amide bonds. The van der Waals surface area contributed by atoms with E-state index in [1.54, 1.807) is 0 Å². The van der Waals surface area contributed by atoms with Gasteiger partial charge in [-0.25, -0.2) is 4.39 Å². The fourth-order valence-electron chi connectivity index (χ4n) is 1.28.